The van der Waals surface area contributed by atoms with E-state index in [-0.39, 0.29) is 18.1 Å². The van der Waals surface area contributed by atoms with Gasteiger partial charge in [-0.15, -0.1) is 0 Å². The first-order valence-electron chi connectivity index (χ1n) is 9.00. The molecule has 3 rings (SSSR count). The highest BCUT2D eigenvalue weighted by atomic mass is 32.2. The van der Waals surface area contributed by atoms with Crippen molar-refractivity contribution in [1.82, 2.24) is 4.31 Å². The van der Waals surface area contributed by atoms with E-state index in [4.69, 9.17) is 9.47 Å². The van der Waals surface area contributed by atoms with Crippen LogP contribution < -0.4 is 0 Å². The molecule has 0 N–H and O–H groups in total. The molecule has 6 nitrogen and oxygen atoms in total. The van der Waals surface area contributed by atoms with Crippen LogP contribution >= 0.6 is 0 Å². The minimum atomic E-state index is -3.90. The molecule has 0 aliphatic carbocycles. The predicted octanol–water partition coefficient (Wildman–Crippen LogP) is 3.28. The lowest BCUT2D eigenvalue weighted by Gasteiger charge is -2.33. The van der Waals surface area contributed by atoms with Crippen molar-refractivity contribution in [2.75, 3.05) is 13.2 Å². The topological polar surface area (TPSA) is 72.9 Å². The van der Waals surface area contributed by atoms with Crippen molar-refractivity contribution >= 4 is 16.0 Å². The average Bonchev–Trinajstić information content (AvgIpc) is 3.07. The highest BCUT2D eigenvalue weighted by molar-refractivity contribution is 7.89. The maximum absolute atomic E-state index is 13.5. The number of rotatable bonds is 6. The van der Waals surface area contributed by atoms with Crippen LogP contribution in [0.25, 0.3) is 0 Å². The number of hydrogen-bond acceptors (Lipinski definition) is 5. The molecule has 2 aromatic carbocycles. The van der Waals surface area contributed by atoms with Gasteiger partial charge >= 0.3 is 5.97 Å². The molecule has 1 unspecified atom stereocenters. The quantitative estimate of drug-likeness (QED) is 0.549. The zero-order valence-electron chi connectivity index (χ0n) is 15.8. The smallest absolute Gasteiger partial charge is 0.330 e. The Kier molecular flexibility index (Phi) is 5.98. The number of benzene rings is 2. The second-order valence-corrected chi connectivity index (χ2v) is 8.45. The van der Waals surface area contributed by atoms with Crippen LogP contribution in [-0.2, 0) is 24.3 Å². The summed E-state index contributed by atoms with van der Waals surface area (Å²) in [6.45, 7) is 3.79. The summed E-state index contributed by atoms with van der Waals surface area (Å²) in [6, 6.07) is 17.4. The highest BCUT2D eigenvalue weighted by Crippen LogP contribution is 2.42. The zero-order chi connectivity index (χ0) is 20.2. The van der Waals surface area contributed by atoms with Crippen molar-refractivity contribution < 1.29 is 22.7 Å². The third-order valence-corrected chi connectivity index (χ3v) is 6.49. The number of esters is 1. The van der Waals surface area contributed by atoms with E-state index in [0.29, 0.717) is 0 Å². The Hall–Kier alpha value is -2.48. The van der Waals surface area contributed by atoms with Crippen molar-refractivity contribution in [2.24, 2.45) is 0 Å². The normalized spacial score (nSPS) is 23.1. The largest absolute Gasteiger partial charge is 0.463 e. The molecule has 0 bridgehead atoms. The van der Waals surface area contributed by atoms with Gasteiger partial charge in [-0.2, -0.15) is 4.31 Å². The molecule has 1 aliphatic heterocycles. The molecule has 0 radical (unpaired) electrons. The Morgan fingerprint density at radius 2 is 1.79 bits per heavy atom. The standard InChI is InChI=1S/C21H23NO5S/c1-3-26-19(23)14-15-21(2)16-27-20(17-10-6-4-7-11-17)22(21)28(24,25)18-12-8-5-9-13-18/h4-15,20H,3,16H2,1-2H3/b15-14+/t20?,21-/m1/s1. The maximum Gasteiger partial charge on any atom is 0.330 e. The summed E-state index contributed by atoms with van der Waals surface area (Å²) >= 11 is 0. The molecule has 0 amide bonds. The lowest BCUT2D eigenvalue weighted by Crippen LogP contribution is -2.46. The summed E-state index contributed by atoms with van der Waals surface area (Å²) in [5.41, 5.74) is -0.336. The summed E-state index contributed by atoms with van der Waals surface area (Å²) in [4.78, 5) is 12.0. The molecule has 2 atom stereocenters. The van der Waals surface area contributed by atoms with Crippen molar-refractivity contribution in [1.29, 1.82) is 0 Å². The Morgan fingerprint density at radius 3 is 2.39 bits per heavy atom. The summed E-state index contributed by atoms with van der Waals surface area (Å²) in [5.74, 6) is -0.524. The minimum Gasteiger partial charge on any atom is -0.463 e. The van der Waals surface area contributed by atoms with Crippen LogP contribution in [0.1, 0.15) is 25.6 Å². The third kappa shape index (κ3) is 4.01. The number of sulfonamides is 1. The van der Waals surface area contributed by atoms with E-state index in [0.717, 1.165) is 5.56 Å². The number of hydrogen-bond donors (Lipinski definition) is 0. The Labute approximate surface area is 165 Å². The van der Waals surface area contributed by atoms with Gasteiger partial charge in [-0.25, -0.2) is 13.2 Å². The molecular formula is C21H23NO5S. The fourth-order valence-corrected chi connectivity index (χ4v) is 4.99. The van der Waals surface area contributed by atoms with E-state index in [9.17, 15) is 13.2 Å². The first-order valence-corrected chi connectivity index (χ1v) is 10.4. The maximum atomic E-state index is 13.5. The first kappa shape index (κ1) is 20.3. The van der Waals surface area contributed by atoms with Crippen LogP contribution in [0.5, 0.6) is 0 Å². The van der Waals surface area contributed by atoms with Gasteiger partial charge in [0.25, 0.3) is 0 Å². The van der Waals surface area contributed by atoms with Crippen LogP contribution in [0.2, 0.25) is 0 Å². The van der Waals surface area contributed by atoms with E-state index < -0.39 is 27.8 Å². The fourth-order valence-electron chi connectivity index (χ4n) is 3.16. The third-order valence-electron chi connectivity index (χ3n) is 4.50. The number of carbonyl (C=O) groups excluding carboxylic acids is 1. The van der Waals surface area contributed by atoms with E-state index in [1.807, 2.05) is 30.3 Å². The summed E-state index contributed by atoms with van der Waals surface area (Å²) < 4.78 is 39.2. The van der Waals surface area contributed by atoms with Crippen LogP contribution in [0.3, 0.4) is 0 Å². The highest BCUT2D eigenvalue weighted by Gasteiger charge is 2.50. The van der Waals surface area contributed by atoms with E-state index >= 15 is 0 Å². The SMILES string of the molecule is CCOC(=O)/C=C/[C@]1(C)COC(c2ccccc2)N1S(=O)(=O)c1ccccc1. The van der Waals surface area contributed by atoms with Gasteiger partial charge in [0.2, 0.25) is 10.0 Å². The molecule has 1 saturated heterocycles. The monoisotopic (exact) mass is 401 g/mol. The van der Waals surface area contributed by atoms with Crippen LogP contribution in [0.4, 0.5) is 0 Å². The van der Waals surface area contributed by atoms with E-state index in [2.05, 4.69) is 0 Å². The van der Waals surface area contributed by atoms with Gasteiger partial charge in [0, 0.05) is 6.08 Å². The van der Waals surface area contributed by atoms with Crippen molar-refractivity contribution in [3.63, 3.8) is 0 Å². The van der Waals surface area contributed by atoms with Gasteiger partial charge in [0.15, 0.2) is 6.23 Å². The van der Waals surface area contributed by atoms with E-state index in [1.54, 1.807) is 44.2 Å². The average molecular weight is 401 g/mol. The lowest BCUT2D eigenvalue weighted by molar-refractivity contribution is -0.137. The zero-order valence-corrected chi connectivity index (χ0v) is 16.6. The van der Waals surface area contributed by atoms with Gasteiger partial charge in [0.05, 0.1) is 23.6 Å². The summed E-state index contributed by atoms with van der Waals surface area (Å²) in [7, 11) is -3.90. The second-order valence-electron chi connectivity index (χ2n) is 6.63. The molecule has 1 fully saturated rings. The molecule has 2 aromatic rings. The van der Waals surface area contributed by atoms with Crippen molar-refractivity contribution in [3.8, 4) is 0 Å². The van der Waals surface area contributed by atoms with Gasteiger partial charge in [0.1, 0.15) is 0 Å². The van der Waals surface area contributed by atoms with Crippen molar-refractivity contribution in [2.45, 2.75) is 30.5 Å². The summed E-state index contributed by atoms with van der Waals surface area (Å²) in [6.07, 6.45) is 1.99. The number of carbonyl (C=O) groups is 1. The van der Waals surface area contributed by atoms with Gasteiger partial charge in [-0.05, 0) is 31.5 Å². The van der Waals surface area contributed by atoms with Gasteiger partial charge in [-0.3, -0.25) is 0 Å². The molecule has 0 aromatic heterocycles. The molecule has 1 aliphatic rings. The van der Waals surface area contributed by atoms with Gasteiger partial charge in [-0.1, -0.05) is 54.6 Å². The van der Waals surface area contributed by atoms with Crippen LogP contribution in [0, 0.1) is 0 Å². The second kappa shape index (κ2) is 8.26. The molecule has 28 heavy (non-hydrogen) atoms. The predicted molar refractivity (Wildman–Crippen MR) is 105 cm³/mol. The molecule has 1 heterocycles. The molecule has 0 saturated carbocycles. The summed E-state index contributed by atoms with van der Waals surface area (Å²) in [5, 5.41) is 0. The van der Waals surface area contributed by atoms with E-state index in [1.165, 1.54) is 16.5 Å². The molecule has 7 heteroatoms. The molecule has 0 spiro atoms. The van der Waals surface area contributed by atoms with Crippen molar-refractivity contribution in [3.05, 3.63) is 78.4 Å². The molecular weight excluding hydrogens is 378 g/mol. The minimum absolute atomic E-state index is 0.106. The molecule has 148 valence electrons. The Balaban J connectivity index is 2.06. The van der Waals surface area contributed by atoms with Crippen LogP contribution in [0.15, 0.2) is 77.7 Å². The lowest BCUT2D eigenvalue weighted by atomic mass is 10.0. The number of ether oxygens (including phenoxy) is 2. The first-order chi connectivity index (χ1) is 13.4. The van der Waals surface area contributed by atoms with Gasteiger partial charge < -0.3 is 9.47 Å². The number of nitrogens with zero attached hydrogens (tertiary/aromatic N) is 1. The fraction of sp³-hybridized carbons (Fsp3) is 0.286. The Bertz CT molecular complexity index is 943. The Morgan fingerprint density at radius 1 is 1.18 bits per heavy atom. The van der Waals surface area contributed by atoms with Crippen LogP contribution in [-0.4, -0.2) is 37.4 Å².